The molecule has 0 radical (unpaired) electrons. The van der Waals surface area contributed by atoms with E-state index >= 15 is 8.78 Å². The van der Waals surface area contributed by atoms with Crippen molar-refractivity contribution in [2.45, 2.75) is 52.5 Å². The molecule has 0 amide bonds. The van der Waals surface area contributed by atoms with Crippen LogP contribution < -0.4 is 20.1 Å². The minimum atomic E-state index is -3.40. The number of hydrogen-bond donors (Lipinski definition) is 0. The number of aromatic nitrogens is 4. The number of benzene rings is 1. The lowest BCUT2D eigenvalue weighted by atomic mass is 9.95. The molecule has 41 heavy (non-hydrogen) atoms. The first-order valence-corrected chi connectivity index (χ1v) is 13.7. The van der Waals surface area contributed by atoms with Gasteiger partial charge in [0, 0.05) is 24.8 Å². The molecule has 2 atom stereocenters. The molecule has 0 spiro atoms. The van der Waals surface area contributed by atoms with Crippen LogP contribution in [0.2, 0.25) is 5.02 Å². The largest absolute Gasteiger partial charge is 0.488 e. The number of pyridine rings is 2. The van der Waals surface area contributed by atoms with Gasteiger partial charge in [-0.15, -0.1) is 0 Å². The molecule has 2 unspecified atom stereocenters. The van der Waals surface area contributed by atoms with E-state index in [4.69, 9.17) is 26.6 Å². The molecule has 1 fully saturated rings. The molecule has 3 aromatic heterocycles. The van der Waals surface area contributed by atoms with Crippen LogP contribution in [0.25, 0.3) is 28.0 Å². The van der Waals surface area contributed by atoms with Gasteiger partial charge in [-0.05, 0) is 49.8 Å². The summed E-state index contributed by atoms with van der Waals surface area (Å²) in [5, 5.41) is 0.165. The van der Waals surface area contributed by atoms with Crippen molar-refractivity contribution in [1.29, 1.82) is 0 Å². The second-order valence-corrected chi connectivity index (χ2v) is 11.2. The van der Waals surface area contributed by atoms with E-state index in [9.17, 15) is 4.79 Å². The van der Waals surface area contributed by atoms with Gasteiger partial charge in [0.05, 0.1) is 32.8 Å². The van der Waals surface area contributed by atoms with Gasteiger partial charge in [0.25, 0.3) is 0 Å². The molecule has 1 aromatic carbocycles. The maximum atomic E-state index is 15.6. The Kier molecular flexibility index (Phi) is 5.88. The standard InChI is InChI=1S/C30H30ClF2N5O3/c1-15(2)24-26-22(9-10-34-24)40-11-12-41-27-21(33)8-7-20(32)23(27)25-19(31)13-18-28(36-30(39)38(26)29(18)35-25)37-14-16(3)5-6-17(37)4/h7-10,13,15-17H,5-6,11-12,14H2,1-4H3/i11D2,12D2. The molecule has 5 heterocycles. The Morgan fingerprint density at radius 3 is 2.63 bits per heavy atom. The highest BCUT2D eigenvalue weighted by molar-refractivity contribution is 6.34. The summed E-state index contributed by atoms with van der Waals surface area (Å²) in [5.74, 6) is -3.26. The van der Waals surface area contributed by atoms with Crippen LogP contribution in [0.3, 0.4) is 0 Å². The van der Waals surface area contributed by atoms with E-state index in [1.165, 1.54) is 18.3 Å². The van der Waals surface area contributed by atoms with E-state index in [0.29, 0.717) is 29.7 Å². The van der Waals surface area contributed by atoms with Gasteiger partial charge in [-0.25, -0.2) is 23.1 Å². The van der Waals surface area contributed by atoms with E-state index in [1.54, 1.807) is 13.8 Å². The SMILES string of the molecule is [2H]C1([2H])Oc2ccnc(C(C)C)c2-n2c(=O)nc(N3CC(C)CCC3C)c3cc(Cl)c(nc32)-c2c(F)ccc(F)c2OC1([2H])[2H]. The second-order valence-electron chi connectivity index (χ2n) is 10.8. The predicted octanol–water partition coefficient (Wildman–Crippen LogP) is 6.29. The van der Waals surface area contributed by atoms with Crippen molar-refractivity contribution in [3.05, 3.63) is 63.3 Å². The van der Waals surface area contributed by atoms with Crippen LogP contribution >= 0.6 is 11.6 Å². The maximum Gasteiger partial charge on any atom is 0.356 e. The summed E-state index contributed by atoms with van der Waals surface area (Å²) in [6.07, 6.45) is 3.16. The lowest BCUT2D eigenvalue weighted by molar-refractivity contribution is 0.211. The summed E-state index contributed by atoms with van der Waals surface area (Å²) in [5.41, 5.74) is -1.63. The number of fused-ring (bicyclic) bond motifs is 5. The molecule has 4 aromatic rings. The van der Waals surface area contributed by atoms with Crippen molar-refractivity contribution >= 4 is 28.5 Å². The van der Waals surface area contributed by atoms with Crippen LogP contribution in [0.1, 0.15) is 57.6 Å². The van der Waals surface area contributed by atoms with Crippen LogP contribution in [0.4, 0.5) is 14.6 Å². The van der Waals surface area contributed by atoms with E-state index in [0.717, 1.165) is 23.5 Å². The van der Waals surface area contributed by atoms with Gasteiger partial charge in [0.1, 0.15) is 36.2 Å². The average molecular weight is 586 g/mol. The molecule has 2 aliphatic rings. The fourth-order valence-electron chi connectivity index (χ4n) is 5.47. The van der Waals surface area contributed by atoms with Gasteiger partial charge in [0.15, 0.2) is 17.2 Å². The minimum Gasteiger partial charge on any atom is -0.488 e. The third-order valence-corrected chi connectivity index (χ3v) is 7.82. The van der Waals surface area contributed by atoms with Gasteiger partial charge < -0.3 is 14.4 Å². The fourth-order valence-corrected chi connectivity index (χ4v) is 5.71. The van der Waals surface area contributed by atoms with Crippen molar-refractivity contribution in [3.8, 4) is 28.4 Å². The summed E-state index contributed by atoms with van der Waals surface area (Å²) in [6.45, 7) is 1.59. The van der Waals surface area contributed by atoms with Gasteiger partial charge in [-0.1, -0.05) is 32.4 Å². The van der Waals surface area contributed by atoms with Gasteiger partial charge in [0.2, 0.25) is 0 Å². The molecule has 2 aliphatic heterocycles. The number of halogens is 3. The Balaban J connectivity index is 1.82. The third kappa shape index (κ3) is 4.67. The molecule has 8 nitrogen and oxygen atoms in total. The van der Waals surface area contributed by atoms with Gasteiger partial charge in [-0.2, -0.15) is 4.98 Å². The molecule has 0 N–H and O–H groups in total. The van der Waals surface area contributed by atoms with Crippen LogP contribution in [0, 0.1) is 17.6 Å². The highest BCUT2D eigenvalue weighted by Gasteiger charge is 2.31. The zero-order chi connectivity index (χ0) is 32.6. The van der Waals surface area contributed by atoms with E-state index in [1.807, 2.05) is 11.8 Å². The number of anilines is 1. The van der Waals surface area contributed by atoms with Crippen molar-refractivity contribution < 1.29 is 23.7 Å². The Hall–Kier alpha value is -3.79. The highest BCUT2D eigenvalue weighted by atomic mass is 35.5. The maximum absolute atomic E-state index is 15.6. The summed E-state index contributed by atoms with van der Waals surface area (Å²) in [7, 11) is 0. The fraction of sp³-hybridized carbons (Fsp3) is 0.400. The lowest BCUT2D eigenvalue weighted by Crippen LogP contribution is -2.43. The topological polar surface area (TPSA) is 82.4 Å². The lowest BCUT2D eigenvalue weighted by Gasteiger charge is -2.38. The zero-order valence-corrected chi connectivity index (χ0v) is 23.6. The normalized spacial score (nSPS) is 22.7. The van der Waals surface area contributed by atoms with Crippen molar-refractivity contribution in [2.75, 3.05) is 24.6 Å². The molecular weight excluding hydrogens is 552 g/mol. The Bertz CT molecular complexity index is 1910. The summed E-state index contributed by atoms with van der Waals surface area (Å²) in [6, 6.07) is 4.25. The average Bonchev–Trinajstić information content (AvgIpc) is 2.95. The van der Waals surface area contributed by atoms with Crippen LogP contribution in [-0.4, -0.2) is 45.2 Å². The summed E-state index contributed by atoms with van der Waals surface area (Å²) in [4.78, 5) is 29.8. The Morgan fingerprint density at radius 2 is 1.85 bits per heavy atom. The number of rotatable bonds is 2. The summed E-state index contributed by atoms with van der Waals surface area (Å²) >= 11 is 6.76. The predicted molar refractivity (Wildman–Crippen MR) is 154 cm³/mol. The molecule has 0 aliphatic carbocycles. The van der Waals surface area contributed by atoms with Crippen LogP contribution in [0.15, 0.2) is 35.3 Å². The van der Waals surface area contributed by atoms with Crippen molar-refractivity contribution in [3.63, 3.8) is 0 Å². The van der Waals surface area contributed by atoms with Gasteiger partial charge in [-0.3, -0.25) is 4.98 Å². The zero-order valence-electron chi connectivity index (χ0n) is 26.8. The number of hydrogen-bond acceptors (Lipinski definition) is 7. The Labute approximate surface area is 246 Å². The molecule has 11 heteroatoms. The summed E-state index contributed by atoms with van der Waals surface area (Å²) < 4.78 is 77.0. The van der Waals surface area contributed by atoms with Crippen molar-refractivity contribution in [2.24, 2.45) is 5.92 Å². The highest BCUT2D eigenvalue weighted by Crippen LogP contribution is 2.42. The smallest absolute Gasteiger partial charge is 0.356 e. The molecule has 0 saturated carbocycles. The second kappa shape index (κ2) is 10.6. The molecule has 2 bridgehead atoms. The van der Waals surface area contributed by atoms with E-state index in [-0.39, 0.29) is 45.5 Å². The van der Waals surface area contributed by atoms with E-state index in [2.05, 4.69) is 21.9 Å². The first-order valence-electron chi connectivity index (χ1n) is 15.4. The first kappa shape index (κ1) is 22.8. The number of ether oxygens (including phenoxy) is 2. The Morgan fingerprint density at radius 1 is 1.10 bits per heavy atom. The minimum absolute atomic E-state index is 0.00912. The molecule has 1 saturated heterocycles. The quantitative estimate of drug-likeness (QED) is 0.273. The van der Waals surface area contributed by atoms with Crippen LogP contribution in [0.5, 0.6) is 11.5 Å². The van der Waals surface area contributed by atoms with Crippen LogP contribution in [-0.2, 0) is 0 Å². The number of piperidine rings is 1. The van der Waals surface area contributed by atoms with Gasteiger partial charge >= 0.3 is 5.69 Å². The number of nitrogens with zero attached hydrogens (tertiary/aromatic N) is 5. The van der Waals surface area contributed by atoms with Crippen molar-refractivity contribution in [1.82, 2.24) is 19.5 Å². The third-order valence-electron chi connectivity index (χ3n) is 7.53. The monoisotopic (exact) mass is 585 g/mol. The first-order chi connectivity index (χ1) is 21.1. The van der Waals surface area contributed by atoms with E-state index < -0.39 is 41.8 Å². The molecule has 214 valence electrons. The molecule has 6 rings (SSSR count). The molecular formula is C30H30ClF2N5O3.